The molecule has 0 unspecified atom stereocenters. The molecule has 0 amide bonds. The van der Waals surface area contributed by atoms with Crippen LogP contribution in [0.1, 0.15) is 5.69 Å². The molecular weight excluding hydrogens is 170 g/mol. The third kappa shape index (κ3) is 2.17. The van der Waals surface area contributed by atoms with Crippen molar-refractivity contribution in [2.45, 2.75) is 6.92 Å². The number of hydrogen-bond acceptors (Lipinski definition) is 2. The van der Waals surface area contributed by atoms with Gasteiger partial charge in [0.1, 0.15) is 0 Å². The number of pyridine rings is 1. The average Bonchev–Trinajstić information content (AvgIpc) is 2.09. The van der Waals surface area contributed by atoms with Gasteiger partial charge in [-0.3, -0.25) is 4.98 Å². The Hall–Kier alpha value is -1.16. The minimum atomic E-state index is 0.603. The topological polar surface area (TPSA) is 37.0 Å². The molecule has 0 fully saturated rings. The van der Waals surface area contributed by atoms with E-state index in [1.54, 1.807) is 13.2 Å². The molecule has 1 aromatic heterocycles. The largest absolute Gasteiger partial charge is 0.366 e. The second-order valence-electron chi connectivity index (χ2n) is 2.34. The van der Waals surface area contributed by atoms with E-state index in [4.69, 9.17) is 12.2 Å². The Morgan fingerprint density at radius 1 is 1.58 bits per heavy atom. The second-order valence-corrected chi connectivity index (χ2v) is 2.75. The molecule has 0 radical (unpaired) electrons. The Bertz CT molecular complexity index is 285. The van der Waals surface area contributed by atoms with E-state index >= 15 is 0 Å². The molecule has 1 rings (SSSR count). The summed E-state index contributed by atoms with van der Waals surface area (Å²) in [6, 6.07) is 3.81. The van der Waals surface area contributed by atoms with Crippen LogP contribution in [0.25, 0.3) is 0 Å². The fourth-order valence-electron chi connectivity index (χ4n) is 0.801. The van der Waals surface area contributed by atoms with E-state index < -0.39 is 0 Å². The van der Waals surface area contributed by atoms with Crippen molar-refractivity contribution in [2.75, 3.05) is 12.4 Å². The summed E-state index contributed by atoms with van der Waals surface area (Å²) in [5.41, 5.74) is 1.88. The zero-order valence-electron chi connectivity index (χ0n) is 7.09. The highest BCUT2D eigenvalue weighted by Gasteiger charge is 1.97. The number of aryl methyl sites for hydroxylation is 1. The molecule has 0 aliphatic carbocycles. The lowest BCUT2D eigenvalue weighted by molar-refractivity contribution is 1.17. The number of nitrogens with one attached hydrogen (secondary N) is 2. The highest BCUT2D eigenvalue weighted by atomic mass is 32.1. The van der Waals surface area contributed by atoms with Crippen molar-refractivity contribution in [2.24, 2.45) is 0 Å². The standard InChI is InChI=1S/C8H11N3S/c1-6-7(4-3-5-10-6)11-8(12)9-2/h3-5H,1-2H3,(H2,9,11,12). The molecule has 0 atom stereocenters. The van der Waals surface area contributed by atoms with E-state index in [0.29, 0.717) is 5.11 Å². The smallest absolute Gasteiger partial charge is 0.170 e. The number of nitrogens with zero attached hydrogens (tertiary/aromatic N) is 1. The minimum absolute atomic E-state index is 0.603. The van der Waals surface area contributed by atoms with Crippen LogP contribution in [0.4, 0.5) is 5.69 Å². The van der Waals surface area contributed by atoms with Crippen molar-refractivity contribution >= 4 is 23.0 Å². The van der Waals surface area contributed by atoms with Gasteiger partial charge in [-0.25, -0.2) is 0 Å². The first-order chi connectivity index (χ1) is 5.74. The van der Waals surface area contributed by atoms with Gasteiger partial charge in [-0.05, 0) is 31.3 Å². The van der Waals surface area contributed by atoms with Gasteiger partial charge in [0.15, 0.2) is 5.11 Å². The predicted molar refractivity (Wildman–Crippen MR) is 54.3 cm³/mol. The van der Waals surface area contributed by atoms with Crippen LogP contribution in [-0.4, -0.2) is 17.1 Å². The van der Waals surface area contributed by atoms with Gasteiger partial charge in [-0.1, -0.05) is 0 Å². The molecule has 1 heterocycles. The van der Waals surface area contributed by atoms with E-state index in [9.17, 15) is 0 Å². The van der Waals surface area contributed by atoms with E-state index in [0.717, 1.165) is 11.4 Å². The Kier molecular flexibility index (Phi) is 2.99. The van der Waals surface area contributed by atoms with Crippen molar-refractivity contribution in [1.29, 1.82) is 0 Å². The highest BCUT2D eigenvalue weighted by Crippen LogP contribution is 2.09. The minimum Gasteiger partial charge on any atom is -0.366 e. The molecule has 2 N–H and O–H groups in total. The lowest BCUT2D eigenvalue weighted by atomic mass is 10.3. The molecule has 0 aliphatic rings. The van der Waals surface area contributed by atoms with Gasteiger partial charge in [0.25, 0.3) is 0 Å². The summed E-state index contributed by atoms with van der Waals surface area (Å²) < 4.78 is 0. The van der Waals surface area contributed by atoms with Crippen molar-refractivity contribution in [1.82, 2.24) is 10.3 Å². The average molecular weight is 181 g/mol. The molecule has 0 spiro atoms. The Morgan fingerprint density at radius 2 is 2.33 bits per heavy atom. The molecule has 4 heteroatoms. The summed E-state index contributed by atoms with van der Waals surface area (Å²) in [5.74, 6) is 0. The van der Waals surface area contributed by atoms with Crippen LogP contribution in [0, 0.1) is 6.92 Å². The van der Waals surface area contributed by atoms with E-state index in [1.165, 1.54) is 0 Å². The van der Waals surface area contributed by atoms with Gasteiger partial charge < -0.3 is 10.6 Å². The summed E-state index contributed by atoms with van der Waals surface area (Å²) in [6.45, 7) is 1.93. The zero-order valence-corrected chi connectivity index (χ0v) is 7.90. The summed E-state index contributed by atoms with van der Waals surface area (Å²) in [6.07, 6.45) is 1.75. The maximum Gasteiger partial charge on any atom is 0.170 e. The highest BCUT2D eigenvalue weighted by molar-refractivity contribution is 7.80. The first kappa shape index (κ1) is 8.93. The van der Waals surface area contributed by atoms with Crippen LogP contribution in [0.5, 0.6) is 0 Å². The maximum absolute atomic E-state index is 4.95. The molecule has 0 aromatic carbocycles. The third-order valence-corrected chi connectivity index (χ3v) is 1.79. The number of thiocarbonyl (C=S) groups is 1. The Morgan fingerprint density at radius 3 is 2.92 bits per heavy atom. The number of aromatic nitrogens is 1. The van der Waals surface area contributed by atoms with Gasteiger partial charge >= 0.3 is 0 Å². The van der Waals surface area contributed by atoms with Crippen LogP contribution in [-0.2, 0) is 0 Å². The lowest BCUT2D eigenvalue weighted by Gasteiger charge is -2.08. The van der Waals surface area contributed by atoms with Crippen molar-refractivity contribution < 1.29 is 0 Å². The summed E-state index contributed by atoms with van der Waals surface area (Å²) in [4.78, 5) is 4.12. The predicted octanol–water partition coefficient (Wildman–Crippen LogP) is 1.31. The molecule has 1 aromatic rings. The number of rotatable bonds is 1. The molecular formula is C8H11N3S. The van der Waals surface area contributed by atoms with Gasteiger partial charge in [0.05, 0.1) is 11.4 Å². The molecule has 12 heavy (non-hydrogen) atoms. The van der Waals surface area contributed by atoms with Gasteiger partial charge in [0.2, 0.25) is 0 Å². The first-order valence-corrected chi connectivity index (χ1v) is 4.05. The summed E-state index contributed by atoms with van der Waals surface area (Å²) in [5, 5.41) is 6.45. The van der Waals surface area contributed by atoms with Crippen molar-refractivity contribution in [3.63, 3.8) is 0 Å². The number of hydrogen-bond donors (Lipinski definition) is 2. The quantitative estimate of drug-likeness (QED) is 0.640. The molecule has 0 bridgehead atoms. The molecule has 0 saturated carbocycles. The van der Waals surface area contributed by atoms with Crippen LogP contribution in [0.2, 0.25) is 0 Å². The first-order valence-electron chi connectivity index (χ1n) is 3.64. The van der Waals surface area contributed by atoms with Crippen LogP contribution in [0.15, 0.2) is 18.3 Å². The fraction of sp³-hybridized carbons (Fsp3) is 0.250. The Labute approximate surface area is 77.2 Å². The monoisotopic (exact) mass is 181 g/mol. The maximum atomic E-state index is 4.95. The normalized spacial score (nSPS) is 9.17. The zero-order chi connectivity index (χ0) is 8.97. The summed E-state index contributed by atoms with van der Waals surface area (Å²) in [7, 11) is 1.78. The SMILES string of the molecule is CNC(=S)Nc1cccnc1C. The fourth-order valence-corrected chi connectivity index (χ4v) is 0.911. The van der Waals surface area contributed by atoms with Gasteiger partial charge in [-0.2, -0.15) is 0 Å². The van der Waals surface area contributed by atoms with Crippen LogP contribution >= 0.6 is 12.2 Å². The molecule has 3 nitrogen and oxygen atoms in total. The Balaban J connectivity index is 2.75. The molecule has 0 aliphatic heterocycles. The van der Waals surface area contributed by atoms with Gasteiger partial charge in [0, 0.05) is 13.2 Å². The second kappa shape index (κ2) is 4.01. The van der Waals surface area contributed by atoms with E-state index in [2.05, 4.69) is 15.6 Å². The van der Waals surface area contributed by atoms with Crippen LogP contribution in [0.3, 0.4) is 0 Å². The third-order valence-electron chi connectivity index (χ3n) is 1.48. The summed E-state index contributed by atoms with van der Waals surface area (Å²) >= 11 is 4.95. The van der Waals surface area contributed by atoms with Crippen LogP contribution < -0.4 is 10.6 Å². The van der Waals surface area contributed by atoms with Crippen molar-refractivity contribution in [3.8, 4) is 0 Å². The van der Waals surface area contributed by atoms with Crippen molar-refractivity contribution in [3.05, 3.63) is 24.0 Å². The van der Waals surface area contributed by atoms with Gasteiger partial charge in [-0.15, -0.1) is 0 Å². The number of anilines is 1. The molecule has 0 saturated heterocycles. The van der Waals surface area contributed by atoms with E-state index in [1.807, 2.05) is 19.1 Å². The molecule has 64 valence electrons. The van der Waals surface area contributed by atoms with E-state index in [-0.39, 0.29) is 0 Å². The lowest BCUT2D eigenvalue weighted by Crippen LogP contribution is -2.24.